The van der Waals surface area contributed by atoms with Crippen LogP contribution in [0.15, 0.2) is 46.2 Å². The van der Waals surface area contributed by atoms with Crippen molar-refractivity contribution in [2.45, 2.75) is 60.5 Å². The van der Waals surface area contributed by atoms with E-state index in [1.54, 1.807) is 6.07 Å². The van der Waals surface area contributed by atoms with Crippen LogP contribution in [0.4, 0.5) is 74.1 Å². The molecule has 0 spiro atoms. The summed E-state index contributed by atoms with van der Waals surface area (Å²) in [4.78, 5) is -23.1. The Hall–Kier alpha value is -1.95. The first-order chi connectivity index (χ1) is 24.0. The van der Waals surface area contributed by atoms with E-state index in [2.05, 4.69) is 18.9 Å². The number of hydrogen-bond donors (Lipinski definition) is 0. The lowest BCUT2D eigenvalue weighted by molar-refractivity contribution is -0.269. The van der Waals surface area contributed by atoms with Crippen molar-refractivity contribution in [3.63, 3.8) is 0 Å². The lowest BCUT2D eigenvalue weighted by Crippen LogP contribution is -2.41. The fraction of sp³-hybridized carbons (Fsp3) is 0.409. The van der Waals surface area contributed by atoms with Gasteiger partial charge in [0.25, 0.3) is 9.05 Å². The molecule has 0 saturated carbocycles. The van der Waals surface area contributed by atoms with Crippen LogP contribution in [0, 0.1) is 11.3 Å². The van der Waals surface area contributed by atoms with Gasteiger partial charge in [0, 0.05) is 93.5 Å². The molecule has 0 fully saturated rings. The molecule has 0 saturated heterocycles. The molecule has 0 aromatic heterocycles. The Labute approximate surface area is 333 Å². The van der Waals surface area contributed by atoms with Gasteiger partial charge in [-0.15, -0.1) is 3.89 Å². The fourth-order valence-corrected chi connectivity index (χ4v) is 4.32. The van der Waals surface area contributed by atoms with Gasteiger partial charge in [-0.3, -0.25) is 0 Å². The molecule has 0 N–H and O–H groups in total. The second-order valence-corrected chi connectivity index (χ2v) is 16.6. The molecular weight excluding hydrogens is 1150 g/mol. The molecule has 55 heavy (non-hydrogen) atoms. The summed E-state index contributed by atoms with van der Waals surface area (Å²) in [6, 6.07) is 2.23. The van der Waals surface area contributed by atoms with Gasteiger partial charge in [-0.05, 0) is 24.3 Å². The SMILES string of the molecule is CC#N.O=S(=O)(Cl)c1ccc(OC(F)(F)C(F)(F)Br)cc1OC(F)(F)C(F)(F)Br.O=S(=O)(F)c1ccc(OC(F)(F)C(F)(F)Br)cc1OC(F)(F)C(F)(F)Br. The van der Waals surface area contributed by atoms with E-state index in [0.29, 0.717) is 6.07 Å². The quantitative estimate of drug-likeness (QED) is 0.103. The Morgan fingerprint density at radius 3 is 1.02 bits per heavy atom. The fourth-order valence-electron chi connectivity index (χ4n) is 2.47. The van der Waals surface area contributed by atoms with Gasteiger partial charge in [0.15, 0.2) is 5.75 Å². The summed E-state index contributed by atoms with van der Waals surface area (Å²) < 4.78 is 278. The number of halogens is 22. The van der Waals surface area contributed by atoms with E-state index in [0.717, 1.165) is 0 Å². The van der Waals surface area contributed by atoms with Gasteiger partial charge < -0.3 is 18.9 Å². The Balaban J connectivity index is 0.000000989. The highest BCUT2D eigenvalue weighted by Crippen LogP contribution is 2.47. The highest BCUT2D eigenvalue weighted by atomic mass is 79.9. The summed E-state index contributed by atoms with van der Waals surface area (Å²) in [5, 5.41) is 7.32. The third-order valence-corrected chi connectivity index (χ3v) is 8.71. The van der Waals surface area contributed by atoms with E-state index in [4.69, 9.17) is 15.9 Å². The first-order valence-corrected chi connectivity index (χ1v) is 18.9. The van der Waals surface area contributed by atoms with Gasteiger partial charge in [-0.25, -0.2) is 8.42 Å². The topological polar surface area (TPSA) is 129 Å². The largest absolute Gasteiger partial charge is 0.475 e. The second-order valence-electron chi connectivity index (χ2n) is 8.78. The first kappa shape index (κ1) is 53.0. The molecule has 2 aromatic carbocycles. The van der Waals surface area contributed by atoms with E-state index in [1.165, 1.54) is 70.6 Å². The number of nitriles is 1. The molecule has 0 amide bonds. The highest BCUT2D eigenvalue weighted by Gasteiger charge is 2.61. The minimum Gasteiger partial charge on any atom is -0.427 e. The van der Waals surface area contributed by atoms with Gasteiger partial charge in [0.1, 0.15) is 27.0 Å². The molecule has 33 heteroatoms. The van der Waals surface area contributed by atoms with E-state index in [1.807, 2.05) is 0 Å². The van der Waals surface area contributed by atoms with Gasteiger partial charge in [-0.2, -0.15) is 83.9 Å². The molecule has 2 aromatic rings. The van der Waals surface area contributed by atoms with E-state index < -0.39 is 95.8 Å². The zero-order chi connectivity index (χ0) is 44.2. The average molecular weight is 1160 g/mol. The number of rotatable bonds is 14. The molecule has 0 bridgehead atoms. The standard InChI is InChI=1S/C10H3Br2ClF8O4S.C10H3Br2F9O4S.C2H3N/c11-7(14,15)9(18,19)24-4-1-2-6(26(13,22)23)5(3-4)25-10(20,21)8(12,16)17;11-7(13,14)9(17,18)24-4-1-2-6(26(21,22)23)5(3-4)25-10(19,20)8(12,15)16;1-2-3/h2*1-3H;1H3. The molecule has 0 unspecified atom stereocenters. The van der Waals surface area contributed by atoms with Crippen LogP contribution in [0.3, 0.4) is 0 Å². The summed E-state index contributed by atoms with van der Waals surface area (Å²) in [6.45, 7) is 1.43. The molecule has 9 nitrogen and oxygen atoms in total. The minimum absolute atomic E-state index is 0.00487. The van der Waals surface area contributed by atoms with Crippen molar-refractivity contribution in [1.82, 2.24) is 0 Å². The monoisotopic (exact) mass is 1150 g/mol. The summed E-state index contributed by atoms with van der Waals surface area (Å²) >= 11 is 5.09. The predicted octanol–water partition coefficient (Wildman–Crippen LogP) is 11.3. The van der Waals surface area contributed by atoms with Gasteiger partial charge >= 0.3 is 54.0 Å². The Kier molecular flexibility index (Phi) is 17.3. The van der Waals surface area contributed by atoms with Crippen LogP contribution in [0.5, 0.6) is 23.0 Å². The normalized spacial score (nSPS) is 13.6. The van der Waals surface area contributed by atoms with Crippen molar-refractivity contribution in [2.24, 2.45) is 0 Å². The van der Waals surface area contributed by atoms with Gasteiger partial charge in [0.2, 0.25) is 0 Å². The molecule has 2 rings (SSSR count). The van der Waals surface area contributed by atoms with Crippen molar-refractivity contribution < 1.29 is 110 Å². The van der Waals surface area contributed by atoms with Crippen LogP contribution in [0.25, 0.3) is 0 Å². The van der Waals surface area contributed by atoms with Gasteiger partial charge in [0.05, 0.1) is 6.07 Å². The van der Waals surface area contributed by atoms with Crippen LogP contribution < -0.4 is 18.9 Å². The summed E-state index contributed by atoms with van der Waals surface area (Å²) in [7, 11) is -5.85. The number of hydrogen-bond acceptors (Lipinski definition) is 9. The predicted molar refractivity (Wildman–Crippen MR) is 163 cm³/mol. The summed E-state index contributed by atoms with van der Waals surface area (Å²) in [6.07, 6.45) is -21.4. The molecule has 0 atom stereocenters. The number of nitrogens with zero attached hydrogens (tertiary/aromatic N) is 1. The number of benzene rings is 2. The van der Waals surface area contributed by atoms with Crippen molar-refractivity contribution in [1.29, 1.82) is 5.26 Å². The maximum absolute atomic E-state index is 13.3. The van der Waals surface area contributed by atoms with Crippen molar-refractivity contribution >= 4 is 93.7 Å². The Bertz CT molecular complexity index is 1790. The van der Waals surface area contributed by atoms with Crippen LogP contribution >= 0.6 is 74.4 Å². The maximum Gasteiger partial charge on any atom is 0.475 e. The van der Waals surface area contributed by atoms with Crippen LogP contribution in [-0.4, -0.2) is 60.6 Å². The van der Waals surface area contributed by atoms with E-state index in [9.17, 15) is 91.0 Å². The first-order valence-electron chi connectivity index (χ1n) is 12.0. The molecule has 0 aliphatic rings. The lowest BCUT2D eigenvalue weighted by Gasteiger charge is -2.24. The van der Waals surface area contributed by atoms with E-state index in [-0.39, 0.29) is 30.3 Å². The Morgan fingerprint density at radius 2 is 0.782 bits per heavy atom. The molecule has 0 aliphatic heterocycles. The zero-order valence-corrected chi connectivity index (χ0v) is 33.5. The third kappa shape index (κ3) is 15.4. The van der Waals surface area contributed by atoms with Crippen molar-refractivity contribution in [2.75, 3.05) is 0 Å². The van der Waals surface area contributed by atoms with Crippen molar-refractivity contribution in [3.05, 3.63) is 36.4 Å². The number of alkyl halides is 20. The molecule has 316 valence electrons. The van der Waals surface area contributed by atoms with Gasteiger partial charge in [-0.1, -0.05) is 0 Å². The molecule has 0 aliphatic carbocycles. The lowest BCUT2D eigenvalue weighted by atomic mass is 10.3. The van der Waals surface area contributed by atoms with Crippen LogP contribution in [-0.2, 0) is 19.3 Å². The second kappa shape index (κ2) is 17.9. The smallest absolute Gasteiger partial charge is 0.427 e. The Morgan fingerprint density at radius 1 is 0.545 bits per heavy atom. The highest BCUT2D eigenvalue weighted by molar-refractivity contribution is 9.10. The van der Waals surface area contributed by atoms with Crippen LogP contribution in [0.1, 0.15) is 6.92 Å². The minimum atomic E-state index is -5.86. The summed E-state index contributed by atoms with van der Waals surface area (Å²) in [5.74, 6) is -6.30. The maximum atomic E-state index is 13.3. The molecular formula is C22H9Br4ClF17NO8S2. The number of ether oxygens (including phenoxy) is 4. The van der Waals surface area contributed by atoms with E-state index >= 15 is 0 Å². The third-order valence-electron chi connectivity index (χ3n) is 4.64. The van der Waals surface area contributed by atoms with Crippen LogP contribution in [0.2, 0.25) is 0 Å². The zero-order valence-electron chi connectivity index (χ0n) is 24.8. The average Bonchev–Trinajstić information content (AvgIpc) is 2.89. The summed E-state index contributed by atoms with van der Waals surface area (Å²) in [5.41, 5.74) is 0. The van der Waals surface area contributed by atoms with Crippen molar-refractivity contribution in [3.8, 4) is 29.1 Å². The molecule has 0 heterocycles. The molecule has 0 radical (unpaired) electrons.